The molecule has 142 valence electrons. The molecule has 0 bridgehead atoms. The second-order valence-electron chi connectivity index (χ2n) is 8.24. The minimum Gasteiger partial charge on any atom is -0.363 e. The van der Waals surface area contributed by atoms with E-state index in [1.54, 1.807) is 24.3 Å². The van der Waals surface area contributed by atoms with Crippen molar-refractivity contribution in [2.45, 2.75) is 38.3 Å². The predicted molar refractivity (Wildman–Crippen MR) is 102 cm³/mol. The van der Waals surface area contributed by atoms with E-state index in [0.717, 1.165) is 18.5 Å². The number of halogens is 2. The van der Waals surface area contributed by atoms with Gasteiger partial charge in [-0.1, -0.05) is 12.1 Å². The monoisotopic (exact) mass is 370 g/mol. The highest BCUT2D eigenvalue weighted by molar-refractivity contribution is 5.94. The van der Waals surface area contributed by atoms with Crippen LogP contribution >= 0.6 is 0 Å². The van der Waals surface area contributed by atoms with Crippen molar-refractivity contribution in [3.8, 4) is 0 Å². The fourth-order valence-corrected chi connectivity index (χ4v) is 4.90. The molecule has 1 amide bonds. The SMILES string of the molecule is CC1(C)C[C@@H]2CN(C(=O)c3cccc(F)c3)CC[C@@H]2N1c1cccc(F)c1. The first-order valence-electron chi connectivity index (χ1n) is 9.45. The number of hydrogen-bond donors (Lipinski definition) is 0. The van der Waals surface area contributed by atoms with Crippen molar-refractivity contribution in [2.75, 3.05) is 18.0 Å². The topological polar surface area (TPSA) is 23.6 Å². The first-order valence-corrected chi connectivity index (χ1v) is 9.45. The summed E-state index contributed by atoms with van der Waals surface area (Å²) in [6, 6.07) is 12.9. The third-order valence-electron chi connectivity index (χ3n) is 5.88. The summed E-state index contributed by atoms with van der Waals surface area (Å²) in [5, 5.41) is 0. The summed E-state index contributed by atoms with van der Waals surface area (Å²) in [5.41, 5.74) is 1.19. The maximum Gasteiger partial charge on any atom is 0.253 e. The molecule has 0 N–H and O–H groups in total. The molecule has 27 heavy (non-hydrogen) atoms. The molecule has 2 fully saturated rings. The van der Waals surface area contributed by atoms with E-state index in [1.807, 2.05) is 11.0 Å². The molecule has 2 aromatic carbocycles. The van der Waals surface area contributed by atoms with Gasteiger partial charge in [0.2, 0.25) is 0 Å². The van der Waals surface area contributed by atoms with Crippen molar-refractivity contribution in [1.82, 2.24) is 4.90 Å². The van der Waals surface area contributed by atoms with E-state index in [-0.39, 0.29) is 23.3 Å². The van der Waals surface area contributed by atoms with Crippen LogP contribution < -0.4 is 4.90 Å². The quantitative estimate of drug-likeness (QED) is 0.778. The largest absolute Gasteiger partial charge is 0.363 e. The lowest BCUT2D eigenvalue weighted by molar-refractivity contribution is 0.0667. The zero-order valence-corrected chi connectivity index (χ0v) is 15.7. The van der Waals surface area contributed by atoms with E-state index in [4.69, 9.17) is 0 Å². The van der Waals surface area contributed by atoms with Crippen molar-refractivity contribution in [3.05, 3.63) is 65.7 Å². The molecule has 0 unspecified atom stereocenters. The molecule has 0 aromatic heterocycles. The van der Waals surface area contributed by atoms with E-state index >= 15 is 0 Å². The molecule has 3 nitrogen and oxygen atoms in total. The lowest BCUT2D eigenvalue weighted by Crippen LogP contribution is -2.50. The van der Waals surface area contributed by atoms with E-state index in [1.165, 1.54) is 18.2 Å². The minimum atomic E-state index is -0.394. The fourth-order valence-electron chi connectivity index (χ4n) is 4.90. The van der Waals surface area contributed by atoms with Crippen LogP contribution in [0.25, 0.3) is 0 Å². The summed E-state index contributed by atoms with van der Waals surface area (Å²) in [6.07, 6.45) is 1.76. The van der Waals surface area contributed by atoms with Crippen molar-refractivity contribution in [3.63, 3.8) is 0 Å². The Morgan fingerprint density at radius 1 is 1.07 bits per heavy atom. The average molecular weight is 370 g/mol. The summed E-state index contributed by atoms with van der Waals surface area (Å²) < 4.78 is 27.2. The van der Waals surface area contributed by atoms with Gasteiger partial charge >= 0.3 is 0 Å². The Kier molecular flexibility index (Phi) is 4.41. The van der Waals surface area contributed by atoms with Gasteiger partial charge in [0.25, 0.3) is 5.91 Å². The Labute approximate surface area is 158 Å². The summed E-state index contributed by atoms with van der Waals surface area (Å²) in [5.74, 6) is -0.426. The molecule has 0 spiro atoms. The maximum absolute atomic E-state index is 13.8. The second kappa shape index (κ2) is 6.63. The number of anilines is 1. The number of hydrogen-bond acceptors (Lipinski definition) is 2. The number of fused-ring (bicyclic) bond motifs is 1. The number of likely N-dealkylation sites (tertiary alicyclic amines) is 1. The van der Waals surface area contributed by atoms with Crippen molar-refractivity contribution in [2.24, 2.45) is 5.92 Å². The molecule has 0 aliphatic carbocycles. The van der Waals surface area contributed by atoms with Crippen LogP contribution in [0, 0.1) is 17.6 Å². The normalized spacial score (nSPS) is 24.0. The summed E-state index contributed by atoms with van der Waals surface area (Å²) >= 11 is 0. The zero-order valence-electron chi connectivity index (χ0n) is 15.7. The maximum atomic E-state index is 13.8. The molecule has 2 heterocycles. The van der Waals surface area contributed by atoms with Gasteiger partial charge in [-0.25, -0.2) is 8.78 Å². The van der Waals surface area contributed by atoms with Gasteiger partial charge in [0.15, 0.2) is 0 Å². The molecule has 5 heteroatoms. The van der Waals surface area contributed by atoms with Crippen molar-refractivity contribution >= 4 is 11.6 Å². The molecular weight excluding hydrogens is 346 g/mol. The van der Waals surface area contributed by atoms with Gasteiger partial charge in [-0.3, -0.25) is 4.79 Å². The number of amides is 1. The first kappa shape index (κ1) is 18.0. The average Bonchev–Trinajstić information content (AvgIpc) is 2.89. The standard InChI is InChI=1S/C22H24F2N2O/c1-22(2)13-16-14-25(21(27)15-5-3-6-17(23)11-15)10-9-20(16)26(22)19-8-4-7-18(24)12-19/h3-8,11-12,16,20H,9-10,13-14H2,1-2H3/t16-,20+/m1/s1. The van der Waals surface area contributed by atoms with Gasteiger partial charge in [0.1, 0.15) is 11.6 Å². The first-order chi connectivity index (χ1) is 12.8. The molecule has 2 aliphatic rings. The predicted octanol–water partition coefficient (Wildman–Crippen LogP) is 4.48. The van der Waals surface area contributed by atoms with Crippen LogP contribution in [0.1, 0.15) is 37.0 Å². The van der Waals surface area contributed by atoms with Gasteiger partial charge in [-0.2, -0.15) is 0 Å². The number of benzene rings is 2. The van der Waals surface area contributed by atoms with Gasteiger partial charge in [-0.05, 0) is 69.0 Å². The second-order valence-corrected chi connectivity index (χ2v) is 8.24. The van der Waals surface area contributed by atoms with Gasteiger partial charge < -0.3 is 9.80 Å². The summed E-state index contributed by atoms with van der Waals surface area (Å²) in [4.78, 5) is 17.0. The third kappa shape index (κ3) is 3.31. The number of carbonyl (C=O) groups excluding carboxylic acids is 1. The highest BCUT2D eigenvalue weighted by atomic mass is 19.1. The van der Waals surface area contributed by atoms with Crippen molar-refractivity contribution < 1.29 is 13.6 Å². The fraction of sp³-hybridized carbons (Fsp3) is 0.409. The highest BCUT2D eigenvalue weighted by Crippen LogP contribution is 2.44. The Hall–Kier alpha value is -2.43. The van der Waals surface area contributed by atoms with Gasteiger partial charge in [0.05, 0.1) is 0 Å². The van der Waals surface area contributed by atoms with Gasteiger partial charge in [0, 0.05) is 35.9 Å². The number of carbonyl (C=O) groups is 1. The van der Waals surface area contributed by atoms with Gasteiger partial charge in [-0.15, -0.1) is 0 Å². The Balaban J connectivity index is 1.55. The summed E-state index contributed by atoms with van der Waals surface area (Å²) in [6.45, 7) is 5.62. The van der Waals surface area contributed by atoms with Crippen LogP contribution in [-0.2, 0) is 0 Å². The number of piperidine rings is 1. The Morgan fingerprint density at radius 3 is 2.48 bits per heavy atom. The lowest BCUT2D eigenvalue weighted by atomic mass is 9.89. The molecule has 2 saturated heterocycles. The zero-order chi connectivity index (χ0) is 19.2. The van der Waals surface area contributed by atoms with Crippen LogP contribution in [0.2, 0.25) is 0 Å². The van der Waals surface area contributed by atoms with E-state index in [0.29, 0.717) is 24.6 Å². The van der Waals surface area contributed by atoms with Crippen LogP contribution in [0.3, 0.4) is 0 Å². The third-order valence-corrected chi connectivity index (χ3v) is 5.88. The molecule has 2 aliphatic heterocycles. The Morgan fingerprint density at radius 2 is 1.78 bits per heavy atom. The van der Waals surface area contributed by atoms with Crippen LogP contribution in [0.4, 0.5) is 14.5 Å². The minimum absolute atomic E-state index is 0.110. The molecule has 2 atom stereocenters. The molecule has 4 rings (SSSR count). The van der Waals surface area contributed by atoms with E-state index < -0.39 is 5.82 Å². The molecule has 0 radical (unpaired) electrons. The van der Waals surface area contributed by atoms with Crippen molar-refractivity contribution in [1.29, 1.82) is 0 Å². The smallest absolute Gasteiger partial charge is 0.253 e. The molecule has 2 aromatic rings. The summed E-state index contributed by atoms with van der Waals surface area (Å²) in [7, 11) is 0. The highest BCUT2D eigenvalue weighted by Gasteiger charge is 2.48. The van der Waals surface area contributed by atoms with Crippen LogP contribution in [-0.4, -0.2) is 35.5 Å². The lowest BCUT2D eigenvalue weighted by Gasteiger charge is -2.42. The Bertz CT molecular complexity index is 867. The van der Waals surface area contributed by atoms with Crippen LogP contribution in [0.5, 0.6) is 0 Å². The van der Waals surface area contributed by atoms with Crippen LogP contribution in [0.15, 0.2) is 48.5 Å². The number of rotatable bonds is 2. The number of nitrogens with zero attached hydrogens (tertiary/aromatic N) is 2. The molecule has 0 saturated carbocycles. The van der Waals surface area contributed by atoms with E-state index in [2.05, 4.69) is 18.7 Å². The van der Waals surface area contributed by atoms with E-state index in [9.17, 15) is 13.6 Å². The molecular formula is C22H24F2N2O.